The van der Waals surface area contributed by atoms with Crippen LogP contribution in [0.4, 0.5) is 0 Å². The fourth-order valence-corrected chi connectivity index (χ4v) is 28.2. The molecule has 0 amide bonds. The van der Waals surface area contributed by atoms with Gasteiger partial charge in [0.1, 0.15) is 44.7 Å². The molecule has 0 fully saturated rings. The molecule has 604 valence electrons. The molecule has 30 rings (SSSR count). The number of benzene rings is 20. The van der Waals surface area contributed by atoms with Crippen LogP contribution in [0.3, 0.4) is 0 Å². The number of hydrogen-bond donors (Lipinski definition) is 0. The third-order valence-electron chi connectivity index (χ3n) is 28.7. The van der Waals surface area contributed by atoms with Crippen LogP contribution < -0.4 is 0 Å². The number of para-hydroxylation sites is 12. The molecule has 0 bridgehead atoms. The maximum atomic E-state index is 20.3. The van der Waals surface area contributed by atoms with Gasteiger partial charge in [-0.25, -0.2) is 0 Å². The molecular weight excluding hydrogens is 1610 g/mol. The molecule has 10 heterocycles. The van der Waals surface area contributed by atoms with Gasteiger partial charge < -0.3 is 35.9 Å². The van der Waals surface area contributed by atoms with E-state index >= 15 is 4.21 Å². The molecule has 9 nitrogen and oxygen atoms in total. The van der Waals surface area contributed by atoms with Crippen molar-refractivity contribution in [2.45, 2.75) is 19.6 Å². The Bertz CT molecular complexity index is 8940. The van der Waals surface area contributed by atoms with E-state index in [9.17, 15) is 0 Å². The maximum Gasteiger partial charge on any atom is 0.136 e. The van der Waals surface area contributed by atoms with Gasteiger partial charge in [0.25, 0.3) is 0 Å². The summed E-state index contributed by atoms with van der Waals surface area (Å²) in [6, 6.07) is 149. The molecule has 130 heavy (non-hydrogen) atoms. The van der Waals surface area contributed by atoms with E-state index < -0.39 is 9.07 Å². The highest BCUT2D eigenvalue weighted by Gasteiger charge is 2.58. The summed E-state index contributed by atoms with van der Waals surface area (Å²) in [4.78, 5) is 3.04. The Balaban J connectivity index is 0.682. The number of fused-ring (bicyclic) bond motifs is 34. The van der Waals surface area contributed by atoms with Gasteiger partial charge in [-0.15, -0.1) is 0 Å². The molecule has 2 aliphatic rings. The lowest BCUT2D eigenvalue weighted by atomic mass is 9.95. The van der Waals surface area contributed by atoms with Crippen molar-refractivity contribution in [2.24, 2.45) is 0 Å². The molecule has 28 aromatic rings. The first-order chi connectivity index (χ1) is 64.3. The van der Waals surface area contributed by atoms with Crippen LogP contribution in [0.15, 0.2) is 450 Å². The minimum atomic E-state index is -4.81. The van der Waals surface area contributed by atoms with Crippen LogP contribution >= 0.6 is 0 Å². The first kappa shape index (κ1) is 70.3. The summed E-state index contributed by atoms with van der Waals surface area (Å²) >= 11 is 0. The fourth-order valence-electron chi connectivity index (χ4n) is 23.1. The zero-order chi connectivity index (χ0) is 84.7. The van der Waals surface area contributed by atoms with E-state index in [0.717, 1.165) is 284 Å². The summed E-state index contributed by atoms with van der Waals surface area (Å²) in [5, 5.41) is 17.4. The smallest absolute Gasteiger partial charge is 0.136 e. The lowest BCUT2D eigenvalue weighted by Gasteiger charge is -2.39. The van der Waals surface area contributed by atoms with Crippen LogP contribution in [0.1, 0.15) is 0 Å². The minimum absolute atomic E-state index is 0.761. The van der Waals surface area contributed by atoms with Crippen LogP contribution in [-0.4, -0.2) is 22.5 Å². The molecule has 0 atom stereocenters. The predicted octanol–water partition coefficient (Wildman–Crippen LogP) is 32.7. The number of nitrogens with zero attached hydrogens (tertiary/aromatic N) is 4. The van der Waals surface area contributed by atoms with E-state index in [1.807, 2.05) is 24.3 Å². The summed E-state index contributed by atoms with van der Waals surface area (Å²) in [5.41, 5.74) is 31.1. The van der Waals surface area contributed by atoms with Gasteiger partial charge in [0.2, 0.25) is 0 Å². The van der Waals surface area contributed by atoms with Gasteiger partial charge in [-0.05, 0) is 214 Å². The van der Waals surface area contributed by atoms with E-state index in [1.165, 1.54) is 0 Å². The van der Waals surface area contributed by atoms with Gasteiger partial charge in [0.05, 0.1) is 66.9 Å². The highest BCUT2D eigenvalue weighted by molar-refractivity contribution is 8.21. The second-order valence-electron chi connectivity index (χ2n) is 35.1. The molecule has 8 aromatic heterocycles. The molecule has 0 saturated heterocycles. The highest BCUT2D eigenvalue weighted by atomic mass is 32.3. The van der Waals surface area contributed by atoms with Crippen molar-refractivity contribution < 1.29 is 21.9 Å². The van der Waals surface area contributed by atoms with Crippen LogP contribution in [0, 0.1) is 0 Å². The van der Waals surface area contributed by atoms with Gasteiger partial charge in [-0.2, -0.15) is 0 Å². The van der Waals surface area contributed by atoms with Gasteiger partial charge >= 0.3 is 0 Å². The summed E-state index contributed by atoms with van der Waals surface area (Å²) in [6.45, 7) is 0. The van der Waals surface area contributed by atoms with Crippen molar-refractivity contribution in [1.29, 1.82) is 0 Å². The Hall–Kier alpha value is -17.1. The Morgan fingerprint density at radius 1 is 0.154 bits per heavy atom. The van der Waals surface area contributed by atoms with Gasteiger partial charge in [-0.3, -0.25) is 4.21 Å². The lowest BCUT2D eigenvalue weighted by molar-refractivity contribution is 0.658. The fraction of sp³-hybridized carbons (Fsp3) is 0. The van der Waals surface area contributed by atoms with Crippen molar-refractivity contribution in [3.8, 4) is 89.5 Å². The minimum Gasteiger partial charge on any atom is -0.456 e. The average molecular weight is 1680 g/mol. The third-order valence-corrected chi connectivity index (χ3v) is 33.5. The highest BCUT2D eigenvalue weighted by Crippen LogP contribution is 2.72. The van der Waals surface area contributed by atoms with Gasteiger partial charge in [0, 0.05) is 137 Å². The van der Waals surface area contributed by atoms with Crippen molar-refractivity contribution >= 4 is 184 Å². The van der Waals surface area contributed by atoms with Crippen LogP contribution in [0.2, 0.25) is 0 Å². The second kappa shape index (κ2) is 25.4. The molecule has 2 aliphatic heterocycles. The molecule has 20 aromatic carbocycles. The Morgan fingerprint density at radius 2 is 0.362 bits per heavy atom. The molecular formula is C120H68N4O5S. The summed E-state index contributed by atoms with van der Waals surface area (Å²) < 4.78 is 56.6. The Labute approximate surface area is 740 Å². The van der Waals surface area contributed by atoms with Crippen LogP contribution in [0.25, 0.3) is 264 Å². The molecule has 0 aliphatic carbocycles. The molecule has 0 N–H and O–H groups in total. The summed E-state index contributed by atoms with van der Waals surface area (Å²) in [5.74, 6) is 0. The van der Waals surface area contributed by atoms with E-state index in [1.54, 1.807) is 0 Å². The number of furan rings is 4. The third kappa shape index (κ3) is 9.15. The molecule has 1 spiro atoms. The Morgan fingerprint density at radius 3 is 0.608 bits per heavy atom. The molecule has 10 heteroatoms. The van der Waals surface area contributed by atoms with E-state index in [2.05, 4.69) is 407 Å². The predicted molar refractivity (Wildman–Crippen MR) is 533 cm³/mol. The zero-order valence-corrected chi connectivity index (χ0v) is 70.3. The van der Waals surface area contributed by atoms with E-state index in [4.69, 9.17) is 17.7 Å². The summed E-state index contributed by atoms with van der Waals surface area (Å²) in [6.07, 6.45) is 0. The topological polar surface area (TPSA) is 89.4 Å². The summed E-state index contributed by atoms with van der Waals surface area (Å²) in [7, 11) is -4.81. The Kier molecular flexibility index (Phi) is 13.7. The zero-order valence-electron chi connectivity index (χ0n) is 69.5. The standard InChI is InChI=1S/C120H68N4O5S/c125-130(117-53-49-69(73-25-1-13-37-97(73)121-101-41-17-5-29-77(101)85-65-113-89(61-105(85)121)81-33-9-21-45-109(81)126-113)57-93(117)94-58-70(50-54-118(94)130)74-26-2-14-38-98(74)122-102-42-18-6-30-78(102)86-66-114-90(62-106(86)122)82-34-10-22-46-110(82)127-114)119-55-51-71(75-27-3-15-39-99(75)123-103-43-19-7-31-79(103)87-67-115-91(63-107(87)123)83-35-11-23-47-111(83)128-115)59-95(119)96-60-72(52-56-120(96)130)76-28-4-16-40-100(76)124-104-44-20-8-32-80(104)88-68-116-92(64-108(88)124)84-36-12-24-48-112(84)129-116/h1-68H. The number of hydrogen-bond acceptors (Lipinski definition) is 5. The van der Waals surface area contributed by atoms with Crippen molar-refractivity contribution in [3.63, 3.8) is 0 Å². The van der Waals surface area contributed by atoms with E-state index in [-0.39, 0.29) is 0 Å². The quantitative estimate of drug-likeness (QED) is 0.151. The molecule has 0 radical (unpaired) electrons. The first-order valence-corrected chi connectivity index (χ1v) is 46.3. The van der Waals surface area contributed by atoms with Crippen LogP contribution in [0.5, 0.6) is 0 Å². The average Bonchev–Trinajstić information content (AvgIpc) is 1.46. The molecule has 0 unspecified atom stereocenters. The second-order valence-corrected chi connectivity index (χ2v) is 38.8. The van der Waals surface area contributed by atoms with Crippen molar-refractivity contribution in [3.05, 3.63) is 413 Å². The van der Waals surface area contributed by atoms with E-state index in [0.29, 0.717) is 0 Å². The first-order valence-electron chi connectivity index (χ1n) is 44.3. The monoisotopic (exact) mass is 1680 g/mol. The largest absolute Gasteiger partial charge is 0.456 e. The van der Waals surface area contributed by atoms with Gasteiger partial charge in [-0.1, -0.05) is 243 Å². The van der Waals surface area contributed by atoms with Crippen LogP contribution in [-0.2, 0) is 9.07 Å². The SMILES string of the molecule is O=S12(c3ccc(-c4ccccc4-n4c5ccccc5c5cc6oc7ccccc7c6cc54)cc3-c3cc(-c4ccccc4-n4c5ccccc5c5cc6oc7ccccc7c6cc54)ccc31)c1ccc(-c3ccccc3-n3c4ccccc4c4cc5oc6ccccc6c5cc43)cc1-c1cc(-c3ccccc3-n3c4ccccc4c4cc5oc6ccccc6c5cc43)ccc12. The maximum absolute atomic E-state index is 20.3. The number of aromatic nitrogens is 4. The lowest BCUT2D eigenvalue weighted by Crippen LogP contribution is -2.30. The van der Waals surface area contributed by atoms with Crippen molar-refractivity contribution in [1.82, 2.24) is 18.3 Å². The molecule has 0 saturated carbocycles. The number of rotatable bonds is 8. The van der Waals surface area contributed by atoms with Gasteiger partial charge in [0.15, 0.2) is 0 Å². The van der Waals surface area contributed by atoms with Crippen molar-refractivity contribution in [2.75, 3.05) is 0 Å². The normalized spacial score (nSPS) is 13.7.